The van der Waals surface area contributed by atoms with Crippen LogP contribution in [0.25, 0.3) is 0 Å². The van der Waals surface area contributed by atoms with E-state index in [-0.39, 0.29) is 18.3 Å². The lowest BCUT2D eigenvalue weighted by molar-refractivity contribution is -0.118. The quantitative estimate of drug-likeness (QED) is 0.424. The third kappa shape index (κ3) is 6.49. The Balaban J connectivity index is 1.59. The van der Waals surface area contributed by atoms with Gasteiger partial charge in [0.2, 0.25) is 0 Å². The molecule has 5 nitrogen and oxygen atoms in total. The van der Waals surface area contributed by atoms with Crippen LogP contribution in [0.1, 0.15) is 12.5 Å². The highest BCUT2D eigenvalue weighted by atomic mass is 79.9. The monoisotopic (exact) mass is 472 g/mol. The number of hydrogen-bond acceptors (Lipinski definition) is 4. The summed E-state index contributed by atoms with van der Waals surface area (Å²) in [6, 6.07) is 19.1. The van der Waals surface area contributed by atoms with Gasteiger partial charge in [0.05, 0.1) is 6.61 Å². The van der Waals surface area contributed by atoms with Gasteiger partial charge in [-0.1, -0.05) is 22.0 Å². The molecule has 2 N–H and O–H groups in total. The van der Waals surface area contributed by atoms with Crippen molar-refractivity contribution < 1.29 is 18.7 Å². The Hall–Kier alpha value is -3.06. The molecule has 3 aromatic carbocycles. The number of ether oxygens (including phenoxy) is 2. The molecule has 0 saturated heterocycles. The minimum Gasteiger partial charge on any atom is -0.490 e. The Labute approximate surface area is 183 Å². The van der Waals surface area contributed by atoms with Gasteiger partial charge in [-0.05, 0) is 73.2 Å². The van der Waals surface area contributed by atoms with Crippen molar-refractivity contribution in [2.24, 2.45) is 0 Å². The number of carbonyl (C=O) groups is 1. The number of rotatable bonds is 9. The van der Waals surface area contributed by atoms with E-state index in [2.05, 4.69) is 26.6 Å². The molecule has 0 spiro atoms. The van der Waals surface area contributed by atoms with Crippen molar-refractivity contribution in [3.8, 4) is 11.5 Å². The lowest BCUT2D eigenvalue weighted by Gasteiger charge is -2.14. The van der Waals surface area contributed by atoms with Crippen molar-refractivity contribution in [1.82, 2.24) is 0 Å². The summed E-state index contributed by atoms with van der Waals surface area (Å²) in [7, 11) is 0. The van der Waals surface area contributed by atoms with E-state index in [0.717, 1.165) is 15.7 Å². The highest BCUT2D eigenvalue weighted by molar-refractivity contribution is 9.10. The third-order valence-electron chi connectivity index (χ3n) is 4.14. The van der Waals surface area contributed by atoms with Gasteiger partial charge >= 0.3 is 0 Å². The zero-order valence-electron chi connectivity index (χ0n) is 16.5. The molecule has 3 aromatic rings. The molecule has 0 saturated carbocycles. The van der Waals surface area contributed by atoms with Crippen LogP contribution in [0.3, 0.4) is 0 Å². The summed E-state index contributed by atoms with van der Waals surface area (Å²) in [6.07, 6.45) is 0. The van der Waals surface area contributed by atoms with Gasteiger partial charge in [-0.3, -0.25) is 4.79 Å². The summed E-state index contributed by atoms with van der Waals surface area (Å²) in [6.45, 7) is 2.79. The molecule has 0 atom stereocenters. The molecule has 0 aliphatic heterocycles. The van der Waals surface area contributed by atoms with E-state index >= 15 is 0 Å². The van der Waals surface area contributed by atoms with Crippen LogP contribution in [0, 0.1) is 5.82 Å². The van der Waals surface area contributed by atoms with Crippen molar-refractivity contribution in [3.05, 3.63) is 82.6 Å². The van der Waals surface area contributed by atoms with Crippen LogP contribution in [0.15, 0.2) is 71.2 Å². The minimum atomic E-state index is -0.361. The first-order valence-electron chi connectivity index (χ1n) is 9.47. The second-order valence-electron chi connectivity index (χ2n) is 6.42. The van der Waals surface area contributed by atoms with Crippen LogP contribution in [0.5, 0.6) is 11.5 Å². The number of nitrogens with one attached hydrogen (secondary N) is 2. The molecule has 156 valence electrons. The van der Waals surface area contributed by atoms with Crippen molar-refractivity contribution >= 4 is 33.2 Å². The molecular weight excluding hydrogens is 451 g/mol. The van der Waals surface area contributed by atoms with Crippen LogP contribution in [0.2, 0.25) is 0 Å². The van der Waals surface area contributed by atoms with Gasteiger partial charge in [0.25, 0.3) is 5.91 Å². The Morgan fingerprint density at radius 2 is 1.63 bits per heavy atom. The van der Waals surface area contributed by atoms with Gasteiger partial charge < -0.3 is 20.1 Å². The molecule has 0 aromatic heterocycles. The van der Waals surface area contributed by atoms with E-state index in [4.69, 9.17) is 9.47 Å². The maximum atomic E-state index is 13.0. The van der Waals surface area contributed by atoms with Crippen LogP contribution in [0.4, 0.5) is 15.8 Å². The van der Waals surface area contributed by atoms with Crippen LogP contribution < -0.4 is 20.1 Å². The molecule has 3 rings (SSSR count). The summed E-state index contributed by atoms with van der Waals surface area (Å²) < 4.78 is 25.3. The first-order chi connectivity index (χ1) is 14.5. The smallest absolute Gasteiger partial charge is 0.262 e. The summed E-state index contributed by atoms with van der Waals surface area (Å²) in [4.78, 5) is 12.1. The lowest BCUT2D eigenvalue weighted by atomic mass is 10.2. The van der Waals surface area contributed by atoms with Gasteiger partial charge in [-0.15, -0.1) is 0 Å². The number of benzene rings is 3. The van der Waals surface area contributed by atoms with Gasteiger partial charge in [0, 0.05) is 22.4 Å². The van der Waals surface area contributed by atoms with Gasteiger partial charge in [0.15, 0.2) is 18.1 Å². The predicted molar refractivity (Wildman–Crippen MR) is 120 cm³/mol. The molecule has 0 heterocycles. The van der Waals surface area contributed by atoms with Crippen molar-refractivity contribution in [2.45, 2.75) is 13.5 Å². The van der Waals surface area contributed by atoms with Crippen molar-refractivity contribution in [2.75, 3.05) is 23.8 Å². The first-order valence-corrected chi connectivity index (χ1v) is 10.3. The minimum absolute atomic E-state index is 0.187. The number of halogens is 2. The van der Waals surface area contributed by atoms with Crippen molar-refractivity contribution in [3.63, 3.8) is 0 Å². The van der Waals surface area contributed by atoms with E-state index in [1.807, 2.05) is 43.3 Å². The van der Waals surface area contributed by atoms with Gasteiger partial charge in [0.1, 0.15) is 5.82 Å². The topological polar surface area (TPSA) is 59.6 Å². The van der Waals surface area contributed by atoms with E-state index in [1.54, 1.807) is 6.07 Å². The summed E-state index contributed by atoms with van der Waals surface area (Å²) in [5.41, 5.74) is 2.53. The normalized spacial score (nSPS) is 10.4. The largest absolute Gasteiger partial charge is 0.490 e. The molecule has 0 aliphatic rings. The number of hydrogen-bond donors (Lipinski definition) is 2. The number of amides is 1. The Morgan fingerprint density at radius 1 is 0.933 bits per heavy atom. The second kappa shape index (κ2) is 10.6. The second-order valence-corrected chi connectivity index (χ2v) is 7.33. The zero-order chi connectivity index (χ0) is 21.3. The molecule has 30 heavy (non-hydrogen) atoms. The highest BCUT2D eigenvalue weighted by Crippen LogP contribution is 2.29. The molecule has 0 unspecified atom stereocenters. The SMILES string of the molecule is CCOc1cc(CNc2ccc(Br)cc2)ccc1OCC(=O)Nc1ccc(F)cc1. The van der Waals surface area contributed by atoms with E-state index in [0.29, 0.717) is 30.3 Å². The molecular formula is C23H22BrFN2O3. The Kier molecular flexibility index (Phi) is 7.68. The van der Waals surface area contributed by atoms with E-state index < -0.39 is 0 Å². The summed E-state index contributed by atoms with van der Waals surface area (Å²) in [5, 5.41) is 6.01. The highest BCUT2D eigenvalue weighted by Gasteiger charge is 2.10. The lowest BCUT2D eigenvalue weighted by Crippen LogP contribution is -2.20. The fourth-order valence-electron chi connectivity index (χ4n) is 2.70. The molecule has 0 aliphatic carbocycles. The van der Waals surface area contributed by atoms with E-state index in [1.165, 1.54) is 24.3 Å². The zero-order valence-corrected chi connectivity index (χ0v) is 18.0. The van der Waals surface area contributed by atoms with E-state index in [9.17, 15) is 9.18 Å². The third-order valence-corrected chi connectivity index (χ3v) is 4.66. The Bertz CT molecular complexity index is 979. The summed E-state index contributed by atoms with van der Waals surface area (Å²) in [5.74, 6) is 0.353. The molecule has 7 heteroatoms. The van der Waals surface area contributed by atoms with Crippen molar-refractivity contribution in [1.29, 1.82) is 0 Å². The molecule has 0 fully saturated rings. The fraction of sp³-hybridized carbons (Fsp3) is 0.174. The van der Waals surface area contributed by atoms with Crippen LogP contribution in [-0.4, -0.2) is 19.1 Å². The van der Waals surface area contributed by atoms with Crippen LogP contribution >= 0.6 is 15.9 Å². The number of carbonyl (C=O) groups excluding carboxylic acids is 1. The molecule has 1 amide bonds. The maximum absolute atomic E-state index is 13.0. The standard InChI is InChI=1S/C23H22BrFN2O3/c1-2-29-22-13-16(14-26-19-8-4-17(24)5-9-19)3-12-21(22)30-15-23(28)27-20-10-6-18(25)7-11-20/h3-13,26H,2,14-15H2,1H3,(H,27,28). The fourth-order valence-corrected chi connectivity index (χ4v) is 2.96. The number of anilines is 2. The Morgan fingerprint density at radius 3 is 2.33 bits per heavy atom. The average Bonchev–Trinajstić information content (AvgIpc) is 2.74. The van der Waals surface area contributed by atoms with Gasteiger partial charge in [-0.2, -0.15) is 0 Å². The average molecular weight is 473 g/mol. The van der Waals surface area contributed by atoms with Gasteiger partial charge in [-0.25, -0.2) is 4.39 Å². The maximum Gasteiger partial charge on any atom is 0.262 e. The predicted octanol–water partition coefficient (Wildman–Crippen LogP) is 5.62. The molecule has 0 bridgehead atoms. The summed E-state index contributed by atoms with van der Waals surface area (Å²) >= 11 is 3.42. The first kappa shape index (κ1) is 21.6. The molecule has 0 radical (unpaired) electrons. The van der Waals surface area contributed by atoms with Crippen LogP contribution in [-0.2, 0) is 11.3 Å².